The van der Waals surface area contributed by atoms with Crippen molar-refractivity contribution in [2.75, 3.05) is 27.2 Å². The number of amides is 2. The molecule has 2 unspecified atom stereocenters. The smallest absolute Gasteiger partial charge is 0.317 e. The van der Waals surface area contributed by atoms with Crippen molar-refractivity contribution in [1.29, 1.82) is 0 Å². The van der Waals surface area contributed by atoms with Crippen molar-refractivity contribution in [2.45, 2.75) is 25.0 Å². The predicted octanol–water partition coefficient (Wildman–Crippen LogP) is 2.44. The number of hydrogen-bond acceptors (Lipinski definition) is 3. The minimum atomic E-state index is -0.433. The second-order valence-electron chi connectivity index (χ2n) is 5.72. The molecule has 0 spiro atoms. The highest BCUT2D eigenvalue weighted by molar-refractivity contribution is 6.31. The summed E-state index contributed by atoms with van der Waals surface area (Å²) in [5, 5.41) is 13.3. The number of halogens is 1. The van der Waals surface area contributed by atoms with Crippen LogP contribution in [0.15, 0.2) is 24.3 Å². The van der Waals surface area contributed by atoms with E-state index in [9.17, 15) is 9.90 Å². The Morgan fingerprint density at radius 2 is 2.18 bits per heavy atom. The lowest BCUT2D eigenvalue weighted by molar-refractivity contribution is 0.0957. The molecule has 0 aromatic heterocycles. The maximum Gasteiger partial charge on any atom is 0.317 e. The van der Waals surface area contributed by atoms with Gasteiger partial charge in [-0.25, -0.2) is 4.79 Å². The lowest BCUT2D eigenvalue weighted by Crippen LogP contribution is -2.43. The highest BCUT2D eigenvalue weighted by Gasteiger charge is 2.31. The first-order valence-corrected chi connectivity index (χ1v) is 7.85. The topological polar surface area (TPSA) is 61.8 Å². The molecule has 2 rings (SSSR count). The van der Waals surface area contributed by atoms with Crippen LogP contribution < -0.4 is 5.32 Å². The maximum absolute atomic E-state index is 12.1. The SMILES string of the molecule is COC(CNC(=O)N(C)CC(O)C1CC1)c1ccccc1Cl. The quantitative estimate of drug-likeness (QED) is 0.809. The van der Waals surface area contributed by atoms with Crippen LogP contribution in [0.5, 0.6) is 0 Å². The summed E-state index contributed by atoms with van der Waals surface area (Å²) in [5.74, 6) is 0.352. The molecule has 0 heterocycles. The fourth-order valence-electron chi connectivity index (χ4n) is 2.37. The third-order valence-electron chi connectivity index (χ3n) is 3.95. The van der Waals surface area contributed by atoms with Gasteiger partial charge in [0.15, 0.2) is 0 Å². The van der Waals surface area contributed by atoms with E-state index in [4.69, 9.17) is 16.3 Å². The summed E-state index contributed by atoms with van der Waals surface area (Å²) in [6.07, 6.45) is 1.36. The van der Waals surface area contributed by atoms with E-state index in [1.807, 2.05) is 18.2 Å². The Labute approximate surface area is 136 Å². The van der Waals surface area contributed by atoms with Gasteiger partial charge in [0.1, 0.15) is 6.10 Å². The van der Waals surface area contributed by atoms with E-state index < -0.39 is 6.10 Å². The Morgan fingerprint density at radius 3 is 2.77 bits per heavy atom. The zero-order chi connectivity index (χ0) is 16.1. The number of carbonyl (C=O) groups excluding carboxylic acids is 1. The number of methoxy groups -OCH3 is 1. The van der Waals surface area contributed by atoms with Gasteiger partial charge in [-0.2, -0.15) is 0 Å². The molecule has 6 heteroatoms. The van der Waals surface area contributed by atoms with Gasteiger partial charge < -0.3 is 20.1 Å². The van der Waals surface area contributed by atoms with Gasteiger partial charge in [0.25, 0.3) is 0 Å². The van der Waals surface area contributed by atoms with Crippen molar-refractivity contribution >= 4 is 17.6 Å². The number of aliphatic hydroxyl groups excluding tert-OH is 1. The standard InChI is InChI=1S/C16H23ClN2O3/c1-19(10-14(20)11-7-8-11)16(21)18-9-15(22-2)12-5-3-4-6-13(12)17/h3-6,11,14-15,20H,7-10H2,1-2H3,(H,18,21). The minimum absolute atomic E-state index is 0.228. The first-order chi connectivity index (χ1) is 10.5. The number of carbonyl (C=O) groups is 1. The molecule has 1 fully saturated rings. The van der Waals surface area contributed by atoms with Crippen molar-refractivity contribution in [3.63, 3.8) is 0 Å². The molecule has 0 saturated heterocycles. The molecule has 2 amide bonds. The summed E-state index contributed by atoms with van der Waals surface area (Å²) in [6.45, 7) is 0.670. The van der Waals surface area contributed by atoms with Crippen molar-refractivity contribution in [3.8, 4) is 0 Å². The van der Waals surface area contributed by atoms with Crippen molar-refractivity contribution < 1.29 is 14.6 Å². The zero-order valence-electron chi connectivity index (χ0n) is 13.0. The van der Waals surface area contributed by atoms with Gasteiger partial charge in [0, 0.05) is 37.8 Å². The minimum Gasteiger partial charge on any atom is -0.391 e. The monoisotopic (exact) mass is 326 g/mol. The summed E-state index contributed by atoms with van der Waals surface area (Å²) >= 11 is 6.15. The van der Waals surface area contributed by atoms with Gasteiger partial charge in [0.2, 0.25) is 0 Å². The van der Waals surface area contributed by atoms with Gasteiger partial charge in [-0.3, -0.25) is 0 Å². The van der Waals surface area contributed by atoms with Crippen LogP contribution >= 0.6 is 11.6 Å². The molecule has 2 N–H and O–H groups in total. The van der Waals surface area contributed by atoms with Gasteiger partial charge in [-0.15, -0.1) is 0 Å². The number of aliphatic hydroxyl groups is 1. The second-order valence-corrected chi connectivity index (χ2v) is 6.12. The van der Waals surface area contributed by atoms with E-state index >= 15 is 0 Å². The van der Waals surface area contributed by atoms with Crippen LogP contribution in [-0.4, -0.2) is 49.4 Å². The Balaban J connectivity index is 1.84. The van der Waals surface area contributed by atoms with Crippen LogP contribution in [0.4, 0.5) is 4.79 Å². The lowest BCUT2D eigenvalue weighted by Gasteiger charge is -2.23. The van der Waals surface area contributed by atoms with Crippen molar-refractivity contribution in [2.24, 2.45) is 5.92 Å². The van der Waals surface area contributed by atoms with Crippen molar-refractivity contribution in [3.05, 3.63) is 34.9 Å². The first kappa shape index (κ1) is 17.1. The molecule has 1 aromatic rings. The number of nitrogens with one attached hydrogen (secondary N) is 1. The van der Waals surface area contributed by atoms with Crippen LogP contribution in [0.3, 0.4) is 0 Å². The summed E-state index contributed by atoms with van der Waals surface area (Å²) < 4.78 is 5.41. The Morgan fingerprint density at radius 1 is 1.50 bits per heavy atom. The van der Waals surface area contributed by atoms with E-state index in [0.29, 0.717) is 24.0 Å². The molecular formula is C16H23ClN2O3. The van der Waals surface area contributed by atoms with Crippen LogP contribution in [0.2, 0.25) is 5.02 Å². The van der Waals surface area contributed by atoms with Gasteiger partial charge in [-0.05, 0) is 24.8 Å². The maximum atomic E-state index is 12.1. The van der Waals surface area contributed by atoms with E-state index in [-0.39, 0.29) is 12.1 Å². The molecule has 1 aromatic carbocycles. The summed E-state index contributed by atoms with van der Waals surface area (Å²) in [5.41, 5.74) is 0.840. The molecule has 0 radical (unpaired) electrons. The molecule has 0 bridgehead atoms. The van der Waals surface area contributed by atoms with Crippen LogP contribution in [-0.2, 0) is 4.74 Å². The molecule has 22 heavy (non-hydrogen) atoms. The van der Waals surface area contributed by atoms with E-state index in [2.05, 4.69) is 5.32 Å². The van der Waals surface area contributed by atoms with E-state index in [0.717, 1.165) is 18.4 Å². The van der Waals surface area contributed by atoms with Gasteiger partial charge in [0.05, 0.1) is 6.10 Å². The van der Waals surface area contributed by atoms with Crippen LogP contribution in [0.25, 0.3) is 0 Å². The highest BCUT2D eigenvalue weighted by atomic mass is 35.5. The van der Waals surface area contributed by atoms with Crippen LogP contribution in [0, 0.1) is 5.92 Å². The molecule has 1 saturated carbocycles. The fraction of sp³-hybridized carbons (Fsp3) is 0.562. The van der Waals surface area contributed by atoms with Gasteiger partial charge in [-0.1, -0.05) is 29.8 Å². The largest absolute Gasteiger partial charge is 0.391 e. The summed E-state index contributed by atoms with van der Waals surface area (Å²) in [4.78, 5) is 13.6. The summed E-state index contributed by atoms with van der Waals surface area (Å²) in [6, 6.07) is 7.18. The molecule has 5 nitrogen and oxygen atoms in total. The third-order valence-corrected chi connectivity index (χ3v) is 4.29. The average molecular weight is 327 g/mol. The molecular weight excluding hydrogens is 304 g/mol. The van der Waals surface area contributed by atoms with Crippen LogP contribution in [0.1, 0.15) is 24.5 Å². The average Bonchev–Trinajstić information content (AvgIpc) is 3.33. The second kappa shape index (κ2) is 7.81. The third kappa shape index (κ3) is 4.60. The molecule has 0 aliphatic heterocycles. The normalized spacial score (nSPS) is 16.9. The molecule has 1 aliphatic carbocycles. The number of hydrogen-bond donors (Lipinski definition) is 2. The molecule has 122 valence electrons. The highest BCUT2D eigenvalue weighted by Crippen LogP contribution is 2.32. The first-order valence-electron chi connectivity index (χ1n) is 7.47. The molecule has 2 atom stereocenters. The Bertz CT molecular complexity index is 508. The Kier molecular flexibility index (Phi) is 6.06. The number of nitrogens with zero attached hydrogens (tertiary/aromatic N) is 1. The van der Waals surface area contributed by atoms with Crippen molar-refractivity contribution in [1.82, 2.24) is 10.2 Å². The number of ether oxygens (including phenoxy) is 1. The number of urea groups is 1. The lowest BCUT2D eigenvalue weighted by atomic mass is 10.1. The van der Waals surface area contributed by atoms with E-state index in [1.165, 1.54) is 4.90 Å². The summed E-state index contributed by atoms with van der Waals surface area (Å²) in [7, 11) is 3.26. The predicted molar refractivity (Wildman–Crippen MR) is 86.0 cm³/mol. The van der Waals surface area contributed by atoms with E-state index in [1.54, 1.807) is 20.2 Å². The number of rotatable bonds is 7. The fourth-order valence-corrected chi connectivity index (χ4v) is 2.62. The molecule has 1 aliphatic rings. The zero-order valence-corrected chi connectivity index (χ0v) is 13.7. The van der Waals surface area contributed by atoms with Gasteiger partial charge >= 0.3 is 6.03 Å². The Hall–Kier alpha value is -1.30. The number of likely N-dealkylation sites (N-methyl/N-ethyl adjacent to an activating group) is 1. The number of benzene rings is 1.